The summed E-state index contributed by atoms with van der Waals surface area (Å²) in [5.74, 6) is 2.09. The average molecular weight is 407 g/mol. The molecule has 0 atom stereocenters. The molecule has 29 heavy (non-hydrogen) atoms. The van der Waals surface area contributed by atoms with Gasteiger partial charge in [0.1, 0.15) is 11.5 Å². The van der Waals surface area contributed by atoms with Gasteiger partial charge in [-0.05, 0) is 35.7 Å². The number of fused-ring (bicyclic) bond motifs is 2. The van der Waals surface area contributed by atoms with Crippen LogP contribution in [0.25, 0.3) is 11.3 Å². The van der Waals surface area contributed by atoms with E-state index in [-0.39, 0.29) is 5.43 Å². The first-order valence-electron chi connectivity index (χ1n) is 9.66. The van der Waals surface area contributed by atoms with E-state index in [1.807, 2.05) is 18.2 Å². The zero-order valence-corrected chi connectivity index (χ0v) is 17.0. The highest BCUT2D eigenvalue weighted by Gasteiger charge is 2.22. The molecule has 0 aliphatic carbocycles. The third-order valence-electron chi connectivity index (χ3n) is 5.30. The quantitative estimate of drug-likeness (QED) is 0.507. The molecule has 0 unspecified atom stereocenters. The van der Waals surface area contributed by atoms with E-state index in [4.69, 9.17) is 13.9 Å². The van der Waals surface area contributed by atoms with Crippen molar-refractivity contribution in [3.8, 4) is 17.1 Å². The standard InChI is InChI=1S/C23H21NO4S/c1-26-18-5-6-21-16(12-18)11-15-3-2-4-19(23(15)29-21)20-13-17(25)14-22(28-20)24-7-9-27-10-8-24/h2-6,12-14H,7-11H2,1H3. The van der Waals surface area contributed by atoms with E-state index in [0.29, 0.717) is 24.9 Å². The molecule has 0 saturated carbocycles. The van der Waals surface area contributed by atoms with Gasteiger partial charge < -0.3 is 18.8 Å². The molecule has 1 saturated heterocycles. The fourth-order valence-corrected chi connectivity index (χ4v) is 4.98. The predicted molar refractivity (Wildman–Crippen MR) is 113 cm³/mol. The molecule has 5 rings (SSSR count). The van der Waals surface area contributed by atoms with Crippen molar-refractivity contribution in [3.05, 3.63) is 69.9 Å². The summed E-state index contributed by atoms with van der Waals surface area (Å²) in [6.45, 7) is 2.74. The number of hydrogen-bond donors (Lipinski definition) is 0. The third kappa shape index (κ3) is 3.54. The van der Waals surface area contributed by atoms with Crippen molar-refractivity contribution in [2.24, 2.45) is 0 Å². The second-order valence-electron chi connectivity index (χ2n) is 7.14. The summed E-state index contributed by atoms with van der Waals surface area (Å²) in [5.41, 5.74) is 3.40. The minimum absolute atomic E-state index is 0.0451. The van der Waals surface area contributed by atoms with Crippen LogP contribution in [0.4, 0.5) is 5.88 Å². The summed E-state index contributed by atoms with van der Waals surface area (Å²) < 4.78 is 17.0. The second-order valence-corrected chi connectivity index (χ2v) is 8.19. The molecule has 5 nitrogen and oxygen atoms in total. The molecular weight excluding hydrogens is 386 g/mol. The van der Waals surface area contributed by atoms with Gasteiger partial charge in [0.15, 0.2) is 11.3 Å². The Balaban J connectivity index is 1.55. The highest BCUT2D eigenvalue weighted by molar-refractivity contribution is 7.99. The molecule has 148 valence electrons. The number of benzene rings is 2. The molecule has 2 aliphatic rings. The van der Waals surface area contributed by atoms with Crippen LogP contribution in [0.5, 0.6) is 5.75 Å². The van der Waals surface area contributed by atoms with Crippen molar-refractivity contribution in [3.63, 3.8) is 0 Å². The second kappa shape index (κ2) is 7.61. The molecule has 2 aromatic carbocycles. The fourth-order valence-electron chi connectivity index (χ4n) is 3.81. The Morgan fingerprint density at radius 1 is 1.03 bits per heavy atom. The molecule has 1 aromatic heterocycles. The van der Waals surface area contributed by atoms with E-state index >= 15 is 0 Å². The van der Waals surface area contributed by atoms with E-state index in [1.54, 1.807) is 31.0 Å². The molecule has 3 aromatic rings. The van der Waals surface area contributed by atoms with Crippen LogP contribution >= 0.6 is 11.8 Å². The maximum Gasteiger partial charge on any atom is 0.200 e. The summed E-state index contributed by atoms with van der Waals surface area (Å²) >= 11 is 1.72. The van der Waals surface area contributed by atoms with E-state index in [0.717, 1.165) is 35.7 Å². The van der Waals surface area contributed by atoms with Gasteiger partial charge in [0.25, 0.3) is 0 Å². The number of ether oxygens (including phenoxy) is 2. The van der Waals surface area contributed by atoms with Gasteiger partial charge in [0, 0.05) is 40.6 Å². The van der Waals surface area contributed by atoms with Gasteiger partial charge in [-0.3, -0.25) is 4.79 Å². The lowest BCUT2D eigenvalue weighted by atomic mass is 10.0. The van der Waals surface area contributed by atoms with Crippen LogP contribution in [0.3, 0.4) is 0 Å². The van der Waals surface area contributed by atoms with Gasteiger partial charge in [0.2, 0.25) is 0 Å². The minimum atomic E-state index is -0.0451. The average Bonchev–Trinajstić information content (AvgIpc) is 2.77. The zero-order chi connectivity index (χ0) is 19.8. The topological polar surface area (TPSA) is 51.9 Å². The minimum Gasteiger partial charge on any atom is -0.497 e. The van der Waals surface area contributed by atoms with Crippen molar-refractivity contribution in [1.82, 2.24) is 0 Å². The molecule has 6 heteroatoms. The number of morpholine rings is 1. The Kier molecular flexibility index (Phi) is 4.81. The summed E-state index contributed by atoms with van der Waals surface area (Å²) in [6.07, 6.45) is 0.829. The van der Waals surface area contributed by atoms with Crippen molar-refractivity contribution >= 4 is 17.6 Å². The molecule has 0 bridgehead atoms. The monoisotopic (exact) mass is 407 g/mol. The smallest absolute Gasteiger partial charge is 0.200 e. The van der Waals surface area contributed by atoms with Crippen LogP contribution in [0.1, 0.15) is 11.1 Å². The molecule has 1 fully saturated rings. The van der Waals surface area contributed by atoms with E-state index in [1.165, 1.54) is 16.0 Å². The van der Waals surface area contributed by atoms with Gasteiger partial charge in [-0.15, -0.1) is 0 Å². The van der Waals surface area contributed by atoms with Gasteiger partial charge in [-0.2, -0.15) is 0 Å². The Morgan fingerprint density at radius 3 is 2.72 bits per heavy atom. The maximum atomic E-state index is 12.4. The third-order valence-corrected chi connectivity index (χ3v) is 6.60. The van der Waals surface area contributed by atoms with Crippen molar-refractivity contribution in [2.75, 3.05) is 38.3 Å². The highest BCUT2D eigenvalue weighted by Crippen LogP contribution is 2.45. The lowest BCUT2D eigenvalue weighted by Crippen LogP contribution is -2.36. The van der Waals surface area contributed by atoms with Crippen LogP contribution in [0, 0.1) is 0 Å². The zero-order valence-electron chi connectivity index (χ0n) is 16.1. The van der Waals surface area contributed by atoms with E-state index < -0.39 is 0 Å². The van der Waals surface area contributed by atoms with Crippen LogP contribution in [0.15, 0.2) is 67.5 Å². The normalized spacial score (nSPS) is 15.6. The van der Waals surface area contributed by atoms with Crippen LogP contribution in [0.2, 0.25) is 0 Å². The lowest BCUT2D eigenvalue weighted by Gasteiger charge is -2.27. The molecule has 0 amide bonds. The Morgan fingerprint density at radius 2 is 1.90 bits per heavy atom. The molecule has 0 spiro atoms. The largest absolute Gasteiger partial charge is 0.497 e. The van der Waals surface area contributed by atoms with Crippen molar-refractivity contribution in [2.45, 2.75) is 16.2 Å². The van der Waals surface area contributed by atoms with Crippen LogP contribution < -0.4 is 15.1 Å². The summed E-state index contributed by atoms with van der Waals surface area (Å²) in [7, 11) is 1.69. The van der Waals surface area contributed by atoms with Gasteiger partial charge in [0.05, 0.1) is 20.3 Å². The van der Waals surface area contributed by atoms with Crippen LogP contribution in [-0.4, -0.2) is 33.4 Å². The fraction of sp³-hybridized carbons (Fsp3) is 0.261. The summed E-state index contributed by atoms with van der Waals surface area (Å²) in [4.78, 5) is 16.8. The number of methoxy groups -OCH3 is 1. The maximum absolute atomic E-state index is 12.4. The number of nitrogens with zero attached hydrogens (tertiary/aromatic N) is 1. The molecule has 0 N–H and O–H groups in total. The molecule has 2 aliphatic heterocycles. The number of rotatable bonds is 3. The van der Waals surface area contributed by atoms with Gasteiger partial charge in [-0.25, -0.2) is 0 Å². The molecule has 0 radical (unpaired) electrons. The first-order valence-corrected chi connectivity index (χ1v) is 10.5. The molecule has 3 heterocycles. The first kappa shape index (κ1) is 18.3. The first-order chi connectivity index (χ1) is 14.2. The summed E-state index contributed by atoms with van der Waals surface area (Å²) in [5, 5.41) is 0. The Hall–Kier alpha value is -2.70. The predicted octanol–water partition coefficient (Wildman–Crippen LogP) is 4.21. The van der Waals surface area contributed by atoms with Crippen molar-refractivity contribution in [1.29, 1.82) is 0 Å². The SMILES string of the molecule is COc1ccc2c(c1)Cc1cccc(-c3cc(=O)cc(N4CCOCC4)o3)c1S2. The highest BCUT2D eigenvalue weighted by atomic mass is 32.2. The Bertz CT molecular complexity index is 1120. The van der Waals surface area contributed by atoms with Crippen LogP contribution in [-0.2, 0) is 11.2 Å². The number of hydrogen-bond acceptors (Lipinski definition) is 6. The summed E-state index contributed by atoms with van der Waals surface area (Å²) in [6, 6.07) is 15.5. The van der Waals surface area contributed by atoms with E-state index in [9.17, 15) is 4.79 Å². The van der Waals surface area contributed by atoms with Crippen molar-refractivity contribution < 1.29 is 13.9 Å². The number of anilines is 1. The Labute approximate surface area is 173 Å². The van der Waals surface area contributed by atoms with Gasteiger partial charge >= 0.3 is 0 Å². The molecular formula is C23H21NO4S. The van der Waals surface area contributed by atoms with Gasteiger partial charge in [-0.1, -0.05) is 30.0 Å². The lowest BCUT2D eigenvalue weighted by molar-refractivity contribution is 0.120. The van der Waals surface area contributed by atoms with E-state index in [2.05, 4.69) is 23.1 Å².